The zero-order valence-corrected chi connectivity index (χ0v) is 16.2. The Kier molecular flexibility index (Phi) is 4.58. The van der Waals surface area contributed by atoms with Crippen molar-refractivity contribution >= 4 is 17.1 Å². The van der Waals surface area contributed by atoms with E-state index in [0.717, 1.165) is 35.8 Å². The van der Waals surface area contributed by atoms with Crippen LogP contribution in [0.2, 0.25) is 0 Å². The summed E-state index contributed by atoms with van der Waals surface area (Å²) < 4.78 is 4.32. The topological polar surface area (TPSA) is 94.1 Å². The highest BCUT2D eigenvalue weighted by Gasteiger charge is 2.35. The van der Waals surface area contributed by atoms with E-state index in [1.165, 1.54) is 11.6 Å². The van der Waals surface area contributed by atoms with Gasteiger partial charge in [0.15, 0.2) is 11.2 Å². The summed E-state index contributed by atoms with van der Waals surface area (Å²) in [6.45, 7) is 0.438. The number of imidazole rings is 1. The summed E-state index contributed by atoms with van der Waals surface area (Å²) in [7, 11) is 3.09. The van der Waals surface area contributed by atoms with Crippen LogP contribution in [0.1, 0.15) is 31.2 Å². The van der Waals surface area contributed by atoms with Crippen LogP contribution < -0.4 is 16.6 Å². The van der Waals surface area contributed by atoms with E-state index in [1.807, 2.05) is 34.9 Å². The largest absolute Gasteiger partial charge is 0.394 e. The summed E-state index contributed by atoms with van der Waals surface area (Å²) >= 11 is 0. The van der Waals surface area contributed by atoms with Gasteiger partial charge in [-0.1, -0.05) is 43.2 Å². The third-order valence-corrected chi connectivity index (χ3v) is 5.77. The van der Waals surface area contributed by atoms with Gasteiger partial charge in [-0.15, -0.1) is 0 Å². The Bertz CT molecular complexity index is 1120. The molecule has 0 aliphatic heterocycles. The summed E-state index contributed by atoms with van der Waals surface area (Å²) in [6, 6.07) is 9.80. The predicted octanol–water partition coefficient (Wildman–Crippen LogP) is 1.20. The van der Waals surface area contributed by atoms with E-state index in [4.69, 9.17) is 0 Å². The molecule has 2 aromatic heterocycles. The molecule has 4 rings (SSSR count). The number of rotatable bonds is 5. The minimum absolute atomic E-state index is 0.00151. The molecule has 1 aliphatic rings. The lowest BCUT2D eigenvalue weighted by Gasteiger charge is -2.28. The normalized spacial score (nSPS) is 16.0. The number of aryl methyl sites for hydroxylation is 1. The Morgan fingerprint density at radius 1 is 1.11 bits per heavy atom. The third-order valence-electron chi connectivity index (χ3n) is 5.77. The molecular weight excluding hydrogens is 358 g/mol. The van der Waals surface area contributed by atoms with Crippen LogP contribution in [-0.4, -0.2) is 35.9 Å². The average Bonchev–Trinajstić information content (AvgIpc) is 3.32. The SMILES string of the molecule is Cn1c(=O)c2c(nc(NC3(CO)CCCC3)n2Cc2ccccc2)n(C)c1=O. The van der Waals surface area contributed by atoms with E-state index in [2.05, 4.69) is 10.3 Å². The fraction of sp³-hybridized carbons (Fsp3) is 0.450. The molecule has 1 fully saturated rings. The van der Waals surface area contributed by atoms with Gasteiger partial charge in [-0.2, -0.15) is 4.98 Å². The second-order valence-corrected chi connectivity index (χ2v) is 7.66. The molecule has 8 nitrogen and oxygen atoms in total. The highest BCUT2D eigenvalue weighted by atomic mass is 16.3. The van der Waals surface area contributed by atoms with Crippen LogP contribution in [0.3, 0.4) is 0 Å². The van der Waals surface area contributed by atoms with Crippen molar-refractivity contribution in [2.75, 3.05) is 11.9 Å². The zero-order valence-electron chi connectivity index (χ0n) is 16.2. The van der Waals surface area contributed by atoms with Crippen LogP contribution in [-0.2, 0) is 20.6 Å². The van der Waals surface area contributed by atoms with Crippen molar-refractivity contribution in [1.29, 1.82) is 0 Å². The van der Waals surface area contributed by atoms with Crippen LogP contribution >= 0.6 is 0 Å². The molecule has 0 amide bonds. The van der Waals surface area contributed by atoms with Gasteiger partial charge in [-0.25, -0.2) is 4.79 Å². The minimum Gasteiger partial charge on any atom is -0.394 e. The fourth-order valence-corrected chi connectivity index (χ4v) is 4.07. The van der Waals surface area contributed by atoms with Gasteiger partial charge in [0.2, 0.25) is 5.95 Å². The second-order valence-electron chi connectivity index (χ2n) is 7.66. The number of anilines is 1. The molecule has 2 N–H and O–H groups in total. The standard InChI is InChI=1S/C20H25N5O3/c1-23-16-15(17(27)24(2)19(23)28)25(12-14-8-4-3-5-9-14)18(21-16)22-20(13-26)10-6-7-11-20/h3-5,8-9,26H,6-7,10-13H2,1-2H3,(H,21,22). The van der Waals surface area contributed by atoms with E-state index in [9.17, 15) is 14.7 Å². The summed E-state index contributed by atoms with van der Waals surface area (Å²) in [4.78, 5) is 29.9. The van der Waals surface area contributed by atoms with Gasteiger partial charge in [0.1, 0.15) is 0 Å². The van der Waals surface area contributed by atoms with E-state index in [-0.39, 0.29) is 12.2 Å². The second kappa shape index (κ2) is 6.94. The molecule has 0 bridgehead atoms. The molecule has 2 heterocycles. The maximum Gasteiger partial charge on any atom is 0.332 e. The monoisotopic (exact) mass is 383 g/mol. The number of aromatic nitrogens is 4. The fourth-order valence-electron chi connectivity index (χ4n) is 4.07. The molecule has 0 unspecified atom stereocenters. The highest BCUT2D eigenvalue weighted by Crippen LogP contribution is 2.33. The van der Waals surface area contributed by atoms with E-state index >= 15 is 0 Å². The average molecular weight is 383 g/mol. The van der Waals surface area contributed by atoms with Gasteiger partial charge in [0, 0.05) is 14.1 Å². The number of nitrogens with one attached hydrogen (secondary N) is 1. The molecule has 0 spiro atoms. The first kappa shape index (κ1) is 18.5. The molecule has 1 aromatic carbocycles. The highest BCUT2D eigenvalue weighted by molar-refractivity contribution is 5.74. The summed E-state index contributed by atoms with van der Waals surface area (Å²) in [5.74, 6) is 0.508. The number of hydrogen-bond donors (Lipinski definition) is 2. The summed E-state index contributed by atoms with van der Waals surface area (Å²) in [6.07, 6.45) is 3.75. The number of nitrogens with zero attached hydrogens (tertiary/aromatic N) is 4. The van der Waals surface area contributed by atoms with E-state index in [0.29, 0.717) is 23.7 Å². The first-order valence-electron chi connectivity index (χ1n) is 9.55. The zero-order chi connectivity index (χ0) is 19.9. The first-order chi connectivity index (χ1) is 13.5. The quantitative estimate of drug-likeness (QED) is 0.690. The smallest absolute Gasteiger partial charge is 0.332 e. The molecule has 1 aliphatic carbocycles. The Morgan fingerprint density at radius 3 is 2.43 bits per heavy atom. The van der Waals surface area contributed by atoms with Crippen molar-refractivity contribution in [2.24, 2.45) is 14.1 Å². The molecule has 0 saturated heterocycles. The Morgan fingerprint density at radius 2 is 1.79 bits per heavy atom. The molecule has 3 aromatic rings. The number of benzene rings is 1. The van der Waals surface area contributed by atoms with Crippen molar-refractivity contribution in [3.05, 3.63) is 56.7 Å². The third kappa shape index (κ3) is 2.93. The maximum absolute atomic E-state index is 12.9. The van der Waals surface area contributed by atoms with Crippen molar-refractivity contribution < 1.29 is 5.11 Å². The van der Waals surface area contributed by atoms with Gasteiger partial charge in [0.05, 0.1) is 18.7 Å². The van der Waals surface area contributed by atoms with Crippen LogP contribution in [0, 0.1) is 0 Å². The van der Waals surface area contributed by atoms with E-state index < -0.39 is 11.2 Å². The van der Waals surface area contributed by atoms with Crippen LogP contribution in [0.25, 0.3) is 11.2 Å². The van der Waals surface area contributed by atoms with Gasteiger partial charge >= 0.3 is 5.69 Å². The van der Waals surface area contributed by atoms with Gasteiger partial charge < -0.3 is 10.4 Å². The van der Waals surface area contributed by atoms with Gasteiger partial charge in [0.25, 0.3) is 5.56 Å². The molecule has 8 heteroatoms. The number of aliphatic hydroxyl groups is 1. The lowest BCUT2D eigenvalue weighted by Crippen LogP contribution is -2.40. The molecule has 1 saturated carbocycles. The minimum atomic E-state index is -0.445. The Hall–Kier alpha value is -2.87. The van der Waals surface area contributed by atoms with Crippen LogP contribution in [0.5, 0.6) is 0 Å². The number of fused-ring (bicyclic) bond motifs is 1. The van der Waals surface area contributed by atoms with Crippen molar-refractivity contribution in [3.8, 4) is 0 Å². The molecule has 28 heavy (non-hydrogen) atoms. The Balaban J connectivity index is 1.94. The number of hydrogen-bond acceptors (Lipinski definition) is 5. The summed E-state index contributed by atoms with van der Waals surface area (Å²) in [5.41, 5.74) is 0.509. The van der Waals surface area contributed by atoms with Crippen molar-refractivity contribution in [1.82, 2.24) is 18.7 Å². The van der Waals surface area contributed by atoms with Crippen LogP contribution in [0.4, 0.5) is 5.95 Å². The van der Waals surface area contributed by atoms with Gasteiger partial charge in [-0.3, -0.25) is 18.5 Å². The van der Waals surface area contributed by atoms with E-state index in [1.54, 1.807) is 7.05 Å². The van der Waals surface area contributed by atoms with Crippen molar-refractivity contribution in [2.45, 2.75) is 37.8 Å². The molecule has 0 atom stereocenters. The lowest BCUT2D eigenvalue weighted by molar-refractivity contribution is 0.213. The maximum atomic E-state index is 12.9. The molecular formula is C20H25N5O3. The molecule has 148 valence electrons. The number of aliphatic hydroxyl groups excluding tert-OH is 1. The predicted molar refractivity (Wildman–Crippen MR) is 108 cm³/mol. The van der Waals surface area contributed by atoms with Gasteiger partial charge in [-0.05, 0) is 18.4 Å². The first-order valence-corrected chi connectivity index (χ1v) is 9.55. The lowest BCUT2D eigenvalue weighted by atomic mass is 9.99. The summed E-state index contributed by atoms with van der Waals surface area (Å²) in [5, 5.41) is 13.4. The van der Waals surface area contributed by atoms with Crippen LogP contribution in [0.15, 0.2) is 39.9 Å². The van der Waals surface area contributed by atoms with Crippen molar-refractivity contribution in [3.63, 3.8) is 0 Å². The molecule has 0 radical (unpaired) electrons. The Labute approximate surface area is 162 Å².